The molecule has 3 heterocycles. The average molecular weight is 362 g/mol. The Kier molecular flexibility index (Phi) is 5.83. The van der Waals surface area contributed by atoms with Gasteiger partial charge in [-0.2, -0.15) is 0 Å². The van der Waals surface area contributed by atoms with Gasteiger partial charge in [0.15, 0.2) is 5.13 Å². The van der Waals surface area contributed by atoms with Crippen LogP contribution in [0.4, 0.5) is 5.13 Å². The van der Waals surface area contributed by atoms with E-state index in [4.69, 9.17) is 4.42 Å². The maximum Gasteiger partial charge on any atom is 0.260 e. The zero-order valence-corrected chi connectivity index (χ0v) is 14.9. The van der Waals surface area contributed by atoms with E-state index >= 15 is 0 Å². The van der Waals surface area contributed by atoms with Crippen LogP contribution in [0.2, 0.25) is 0 Å². The maximum absolute atomic E-state index is 12.1. The lowest BCUT2D eigenvalue weighted by Gasteiger charge is -2.22. The molecule has 1 saturated heterocycles. The lowest BCUT2D eigenvalue weighted by atomic mass is 10.00. The van der Waals surface area contributed by atoms with Crippen LogP contribution in [0.1, 0.15) is 34.7 Å². The number of hydrogen-bond donors (Lipinski definition) is 3. The van der Waals surface area contributed by atoms with E-state index in [9.17, 15) is 9.59 Å². The molecule has 2 aromatic rings. The molecule has 3 rings (SSSR count). The number of nitrogens with one attached hydrogen (secondary N) is 3. The summed E-state index contributed by atoms with van der Waals surface area (Å²) in [6, 6.07) is 1.62. The Morgan fingerprint density at radius 2 is 2.36 bits per heavy atom. The van der Waals surface area contributed by atoms with Crippen LogP contribution in [-0.4, -0.2) is 36.4 Å². The Balaban J connectivity index is 1.47. The molecule has 7 nitrogen and oxygen atoms in total. The number of hydrogen-bond acceptors (Lipinski definition) is 6. The standard InChI is InChI=1S/C17H22N4O3S/c1-11-14(4-6-24-11)16(23)21-17-20-13(10-25-17)7-15(22)19-9-12-3-2-5-18-8-12/h4,6,10,12,18H,2-3,5,7-9H2,1H3,(H,19,22)(H,20,21,23). The molecule has 0 aliphatic carbocycles. The molecule has 1 unspecified atom stereocenters. The van der Waals surface area contributed by atoms with Crippen LogP contribution in [0.3, 0.4) is 0 Å². The number of carbonyl (C=O) groups is 2. The molecular weight excluding hydrogens is 340 g/mol. The zero-order chi connectivity index (χ0) is 17.6. The van der Waals surface area contributed by atoms with Gasteiger partial charge in [-0.15, -0.1) is 11.3 Å². The van der Waals surface area contributed by atoms with Crippen LogP contribution in [0.25, 0.3) is 0 Å². The first kappa shape index (κ1) is 17.6. The number of aryl methyl sites for hydroxylation is 1. The van der Waals surface area contributed by atoms with Gasteiger partial charge in [0.25, 0.3) is 5.91 Å². The highest BCUT2D eigenvalue weighted by atomic mass is 32.1. The predicted octanol–water partition coefficient (Wildman–Crippen LogP) is 1.96. The number of nitrogens with zero attached hydrogens (tertiary/aromatic N) is 1. The summed E-state index contributed by atoms with van der Waals surface area (Å²) < 4.78 is 5.12. The molecule has 2 amide bonds. The molecule has 0 radical (unpaired) electrons. The fourth-order valence-electron chi connectivity index (χ4n) is 2.81. The molecule has 3 N–H and O–H groups in total. The van der Waals surface area contributed by atoms with Crippen LogP contribution >= 0.6 is 11.3 Å². The minimum atomic E-state index is -0.263. The summed E-state index contributed by atoms with van der Waals surface area (Å²) in [7, 11) is 0. The van der Waals surface area contributed by atoms with Gasteiger partial charge in [0.1, 0.15) is 5.76 Å². The summed E-state index contributed by atoms with van der Waals surface area (Å²) in [4.78, 5) is 28.5. The largest absolute Gasteiger partial charge is 0.469 e. The fraction of sp³-hybridized carbons (Fsp3) is 0.471. The van der Waals surface area contributed by atoms with Crippen LogP contribution in [0, 0.1) is 12.8 Å². The van der Waals surface area contributed by atoms with Crippen molar-refractivity contribution in [2.75, 3.05) is 25.0 Å². The molecule has 1 atom stereocenters. The van der Waals surface area contributed by atoms with Gasteiger partial charge in [0, 0.05) is 11.9 Å². The second-order valence-corrected chi connectivity index (χ2v) is 7.04. The van der Waals surface area contributed by atoms with Gasteiger partial charge in [-0.25, -0.2) is 4.98 Å². The zero-order valence-electron chi connectivity index (χ0n) is 14.1. The van der Waals surface area contributed by atoms with Crippen molar-refractivity contribution in [3.05, 3.63) is 34.7 Å². The molecule has 0 saturated carbocycles. The molecule has 0 aromatic carbocycles. The summed E-state index contributed by atoms with van der Waals surface area (Å²) >= 11 is 1.31. The number of amides is 2. The first-order valence-electron chi connectivity index (χ1n) is 8.39. The van der Waals surface area contributed by atoms with Crippen molar-refractivity contribution in [2.24, 2.45) is 5.92 Å². The fourth-order valence-corrected chi connectivity index (χ4v) is 3.52. The van der Waals surface area contributed by atoms with E-state index in [0.29, 0.717) is 34.6 Å². The van der Waals surface area contributed by atoms with E-state index < -0.39 is 0 Å². The van der Waals surface area contributed by atoms with Gasteiger partial charge in [-0.1, -0.05) is 0 Å². The van der Waals surface area contributed by atoms with Crippen LogP contribution < -0.4 is 16.0 Å². The van der Waals surface area contributed by atoms with E-state index in [1.807, 2.05) is 0 Å². The third kappa shape index (κ3) is 4.90. The van der Waals surface area contributed by atoms with E-state index in [1.54, 1.807) is 18.4 Å². The van der Waals surface area contributed by atoms with Crippen molar-refractivity contribution >= 4 is 28.3 Å². The van der Waals surface area contributed by atoms with Gasteiger partial charge in [0.2, 0.25) is 5.91 Å². The second-order valence-electron chi connectivity index (χ2n) is 6.18. The minimum Gasteiger partial charge on any atom is -0.469 e. The quantitative estimate of drug-likeness (QED) is 0.730. The lowest BCUT2D eigenvalue weighted by Crippen LogP contribution is -2.38. The van der Waals surface area contributed by atoms with Crippen molar-refractivity contribution in [3.63, 3.8) is 0 Å². The number of anilines is 1. The number of thiazole rings is 1. The summed E-state index contributed by atoms with van der Waals surface area (Å²) in [6.45, 7) is 4.45. The molecule has 0 spiro atoms. The molecule has 2 aromatic heterocycles. The first-order valence-corrected chi connectivity index (χ1v) is 9.27. The molecule has 0 bridgehead atoms. The van der Waals surface area contributed by atoms with Crippen molar-refractivity contribution in [1.29, 1.82) is 0 Å². The molecule has 25 heavy (non-hydrogen) atoms. The smallest absolute Gasteiger partial charge is 0.260 e. The normalized spacial score (nSPS) is 17.2. The Morgan fingerprint density at radius 1 is 1.48 bits per heavy atom. The molecule has 1 aliphatic rings. The maximum atomic E-state index is 12.1. The number of rotatable bonds is 6. The number of furan rings is 1. The molecule has 1 aliphatic heterocycles. The molecule has 8 heteroatoms. The lowest BCUT2D eigenvalue weighted by molar-refractivity contribution is -0.120. The van der Waals surface area contributed by atoms with Gasteiger partial charge < -0.3 is 15.1 Å². The van der Waals surface area contributed by atoms with E-state index in [1.165, 1.54) is 17.6 Å². The predicted molar refractivity (Wildman–Crippen MR) is 95.8 cm³/mol. The summed E-state index contributed by atoms with van der Waals surface area (Å²) in [5.74, 6) is 0.757. The van der Waals surface area contributed by atoms with Crippen LogP contribution in [-0.2, 0) is 11.2 Å². The topological polar surface area (TPSA) is 96.3 Å². The van der Waals surface area contributed by atoms with Crippen molar-refractivity contribution in [1.82, 2.24) is 15.6 Å². The van der Waals surface area contributed by atoms with Crippen molar-refractivity contribution in [3.8, 4) is 0 Å². The highest BCUT2D eigenvalue weighted by molar-refractivity contribution is 7.14. The second kappa shape index (κ2) is 8.26. The first-order chi connectivity index (χ1) is 12.1. The number of aromatic nitrogens is 1. The van der Waals surface area contributed by atoms with Gasteiger partial charge in [-0.3, -0.25) is 14.9 Å². The molecule has 134 valence electrons. The third-order valence-corrected chi connectivity index (χ3v) is 5.01. The van der Waals surface area contributed by atoms with Gasteiger partial charge in [0.05, 0.1) is 23.9 Å². The minimum absolute atomic E-state index is 0.0422. The van der Waals surface area contributed by atoms with Crippen LogP contribution in [0.5, 0.6) is 0 Å². The SMILES string of the molecule is Cc1occc1C(=O)Nc1nc(CC(=O)NCC2CCCNC2)cs1. The summed E-state index contributed by atoms with van der Waals surface area (Å²) in [6.07, 6.45) is 4.00. The van der Waals surface area contributed by atoms with Crippen molar-refractivity contribution < 1.29 is 14.0 Å². The number of piperidine rings is 1. The van der Waals surface area contributed by atoms with Gasteiger partial charge >= 0.3 is 0 Å². The van der Waals surface area contributed by atoms with E-state index in [-0.39, 0.29) is 18.2 Å². The average Bonchev–Trinajstić information content (AvgIpc) is 3.23. The molecular formula is C17H22N4O3S. The Bertz CT molecular complexity index is 734. The Labute approximate surface area is 150 Å². The van der Waals surface area contributed by atoms with Crippen molar-refractivity contribution in [2.45, 2.75) is 26.2 Å². The van der Waals surface area contributed by atoms with Crippen LogP contribution in [0.15, 0.2) is 22.1 Å². The van der Waals surface area contributed by atoms with E-state index in [0.717, 1.165) is 25.9 Å². The highest BCUT2D eigenvalue weighted by Crippen LogP contribution is 2.18. The Hall–Kier alpha value is -2.19. The number of carbonyl (C=O) groups excluding carboxylic acids is 2. The summed E-state index contributed by atoms with van der Waals surface area (Å²) in [5, 5.41) is 11.3. The van der Waals surface area contributed by atoms with E-state index in [2.05, 4.69) is 20.9 Å². The highest BCUT2D eigenvalue weighted by Gasteiger charge is 2.16. The molecule has 1 fully saturated rings. The summed E-state index contributed by atoms with van der Waals surface area (Å²) in [5.41, 5.74) is 1.14. The Morgan fingerprint density at radius 3 is 3.08 bits per heavy atom. The van der Waals surface area contributed by atoms with Gasteiger partial charge in [-0.05, 0) is 44.8 Å². The third-order valence-electron chi connectivity index (χ3n) is 4.20. The monoisotopic (exact) mass is 362 g/mol.